The smallest absolute Gasteiger partial charge is 0.193 e. The highest BCUT2D eigenvalue weighted by Crippen LogP contribution is 2.34. The number of anilines is 1. The Balaban J connectivity index is 1.40. The van der Waals surface area contributed by atoms with Gasteiger partial charge in [-0.05, 0) is 30.5 Å². The molecule has 0 bridgehead atoms. The van der Waals surface area contributed by atoms with Crippen LogP contribution in [0.15, 0.2) is 59.6 Å². The van der Waals surface area contributed by atoms with Gasteiger partial charge in [0.15, 0.2) is 5.96 Å². The first-order valence-corrected chi connectivity index (χ1v) is 10.8. The van der Waals surface area contributed by atoms with Crippen LogP contribution >= 0.6 is 0 Å². The molecule has 2 heterocycles. The van der Waals surface area contributed by atoms with Gasteiger partial charge in [0.1, 0.15) is 5.75 Å². The molecule has 2 fully saturated rings. The SMILES string of the molecule is CN=C(NCC1(c2ccccc2)CCOCC1)N1CCN(c2ccccc2O)CC1. The van der Waals surface area contributed by atoms with Crippen LogP contribution in [-0.4, -0.2) is 69.0 Å². The Hall–Kier alpha value is -2.73. The Morgan fingerprint density at radius 1 is 1.00 bits per heavy atom. The van der Waals surface area contributed by atoms with Gasteiger partial charge in [-0.2, -0.15) is 0 Å². The highest BCUT2D eigenvalue weighted by Gasteiger charge is 2.35. The van der Waals surface area contributed by atoms with E-state index in [-0.39, 0.29) is 5.41 Å². The molecule has 4 rings (SSSR count). The predicted molar refractivity (Wildman–Crippen MR) is 121 cm³/mol. The molecule has 2 aliphatic rings. The van der Waals surface area contributed by atoms with Gasteiger partial charge in [0.05, 0.1) is 5.69 Å². The van der Waals surface area contributed by atoms with Crippen LogP contribution in [0.5, 0.6) is 5.75 Å². The highest BCUT2D eigenvalue weighted by molar-refractivity contribution is 5.80. The van der Waals surface area contributed by atoms with E-state index in [2.05, 4.69) is 50.4 Å². The first kappa shape index (κ1) is 20.5. The van der Waals surface area contributed by atoms with E-state index in [4.69, 9.17) is 4.74 Å². The number of nitrogens with one attached hydrogen (secondary N) is 1. The molecule has 0 radical (unpaired) electrons. The second-order valence-electron chi connectivity index (χ2n) is 8.12. The van der Waals surface area contributed by atoms with Crippen LogP contribution in [0.25, 0.3) is 0 Å². The van der Waals surface area contributed by atoms with Crippen molar-refractivity contribution >= 4 is 11.6 Å². The van der Waals surface area contributed by atoms with Crippen molar-refractivity contribution in [2.45, 2.75) is 18.3 Å². The zero-order valence-electron chi connectivity index (χ0n) is 17.8. The van der Waals surface area contributed by atoms with E-state index in [9.17, 15) is 5.11 Å². The van der Waals surface area contributed by atoms with Crippen LogP contribution < -0.4 is 10.2 Å². The maximum absolute atomic E-state index is 10.1. The quantitative estimate of drug-likeness (QED) is 0.602. The number of guanidine groups is 1. The number of phenolic OH excluding ortho intramolecular Hbond substituents is 1. The Morgan fingerprint density at radius 3 is 2.33 bits per heavy atom. The van der Waals surface area contributed by atoms with Crippen LogP contribution in [0, 0.1) is 0 Å². The lowest BCUT2D eigenvalue weighted by Crippen LogP contribution is -2.55. The zero-order chi connectivity index (χ0) is 20.8. The van der Waals surface area contributed by atoms with Gasteiger partial charge in [0.2, 0.25) is 0 Å². The molecule has 2 aromatic rings. The third-order valence-electron chi connectivity index (χ3n) is 6.43. The summed E-state index contributed by atoms with van der Waals surface area (Å²) in [7, 11) is 1.86. The van der Waals surface area contributed by atoms with Crippen LogP contribution in [0.1, 0.15) is 18.4 Å². The highest BCUT2D eigenvalue weighted by atomic mass is 16.5. The molecule has 0 amide bonds. The average molecular weight is 409 g/mol. The van der Waals surface area contributed by atoms with Crippen LogP contribution in [-0.2, 0) is 10.2 Å². The molecular weight excluding hydrogens is 376 g/mol. The van der Waals surface area contributed by atoms with Crippen molar-refractivity contribution in [1.82, 2.24) is 10.2 Å². The van der Waals surface area contributed by atoms with Gasteiger partial charge in [-0.1, -0.05) is 42.5 Å². The number of aliphatic imine (C=N–C) groups is 1. The fourth-order valence-electron chi connectivity index (χ4n) is 4.59. The third-order valence-corrected chi connectivity index (χ3v) is 6.43. The van der Waals surface area contributed by atoms with E-state index >= 15 is 0 Å². The Kier molecular flexibility index (Phi) is 6.43. The summed E-state index contributed by atoms with van der Waals surface area (Å²) in [6.07, 6.45) is 2.03. The van der Waals surface area contributed by atoms with Crippen LogP contribution in [0.4, 0.5) is 5.69 Å². The molecule has 160 valence electrons. The lowest BCUT2D eigenvalue weighted by molar-refractivity contribution is 0.0511. The van der Waals surface area contributed by atoms with Crippen molar-refractivity contribution in [3.05, 3.63) is 60.2 Å². The van der Waals surface area contributed by atoms with Crippen molar-refractivity contribution in [1.29, 1.82) is 0 Å². The minimum absolute atomic E-state index is 0.0765. The van der Waals surface area contributed by atoms with Gasteiger partial charge in [-0.15, -0.1) is 0 Å². The second-order valence-corrected chi connectivity index (χ2v) is 8.12. The summed E-state index contributed by atoms with van der Waals surface area (Å²) < 4.78 is 5.66. The van der Waals surface area contributed by atoms with E-state index in [1.54, 1.807) is 6.07 Å². The fraction of sp³-hybridized carbons (Fsp3) is 0.458. The van der Waals surface area contributed by atoms with Gasteiger partial charge in [-0.25, -0.2) is 0 Å². The molecule has 6 heteroatoms. The standard InChI is InChI=1S/C24H32N4O2/c1-25-23(28-15-13-27(14-16-28)21-9-5-6-10-22(21)29)26-19-24(11-17-30-18-12-24)20-7-3-2-4-8-20/h2-10,29H,11-19H2,1H3,(H,25,26). The molecular formula is C24H32N4O2. The minimum Gasteiger partial charge on any atom is -0.506 e. The Bertz CT molecular complexity index is 841. The zero-order valence-corrected chi connectivity index (χ0v) is 17.8. The fourth-order valence-corrected chi connectivity index (χ4v) is 4.59. The lowest BCUT2D eigenvalue weighted by atomic mass is 9.74. The van der Waals surface area contributed by atoms with Crippen molar-refractivity contribution in [2.24, 2.45) is 4.99 Å². The summed E-state index contributed by atoms with van der Waals surface area (Å²) in [6.45, 7) is 5.91. The van der Waals surface area contributed by atoms with Crippen molar-refractivity contribution in [2.75, 3.05) is 57.9 Å². The van der Waals surface area contributed by atoms with Crippen molar-refractivity contribution in [3.63, 3.8) is 0 Å². The number of ether oxygens (including phenoxy) is 1. The third kappa shape index (κ3) is 4.38. The topological polar surface area (TPSA) is 60.3 Å². The van der Waals surface area contributed by atoms with Crippen molar-refractivity contribution in [3.8, 4) is 5.75 Å². The summed E-state index contributed by atoms with van der Waals surface area (Å²) in [4.78, 5) is 9.12. The van der Waals surface area contributed by atoms with E-state index in [0.29, 0.717) is 5.75 Å². The molecule has 2 aromatic carbocycles. The number of rotatable bonds is 4. The maximum Gasteiger partial charge on any atom is 0.193 e. The number of benzene rings is 2. The van der Waals surface area contributed by atoms with Crippen molar-refractivity contribution < 1.29 is 9.84 Å². The molecule has 0 atom stereocenters. The average Bonchev–Trinajstić information content (AvgIpc) is 2.81. The predicted octanol–water partition coefficient (Wildman–Crippen LogP) is 2.84. The van der Waals surface area contributed by atoms with Gasteiger partial charge < -0.3 is 25.0 Å². The van der Waals surface area contributed by atoms with E-state index < -0.39 is 0 Å². The molecule has 0 aromatic heterocycles. The number of hydrogen-bond acceptors (Lipinski definition) is 4. The van der Waals surface area contributed by atoms with Crippen LogP contribution in [0.3, 0.4) is 0 Å². The largest absolute Gasteiger partial charge is 0.506 e. The molecule has 0 saturated carbocycles. The number of nitrogens with zero attached hydrogens (tertiary/aromatic N) is 3. The van der Waals surface area contributed by atoms with Crippen LogP contribution in [0.2, 0.25) is 0 Å². The van der Waals surface area contributed by atoms with E-state index in [1.165, 1.54) is 5.56 Å². The molecule has 0 aliphatic carbocycles. The Morgan fingerprint density at radius 2 is 1.67 bits per heavy atom. The summed E-state index contributed by atoms with van der Waals surface area (Å²) >= 11 is 0. The normalized spacial score (nSPS) is 19.6. The molecule has 6 nitrogen and oxygen atoms in total. The molecule has 30 heavy (non-hydrogen) atoms. The number of para-hydroxylation sites is 2. The molecule has 2 N–H and O–H groups in total. The number of hydrogen-bond donors (Lipinski definition) is 2. The summed E-state index contributed by atoms with van der Waals surface area (Å²) in [5.74, 6) is 1.30. The number of aromatic hydroxyl groups is 1. The number of phenols is 1. The summed E-state index contributed by atoms with van der Waals surface area (Å²) in [5, 5.41) is 13.8. The maximum atomic E-state index is 10.1. The molecule has 2 saturated heterocycles. The summed E-state index contributed by atoms with van der Waals surface area (Å²) in [5.41, 5.74) is 2.36. The summed E-state index contributed by atoms with van der Waals surface area (Å²) in [6, 6.07) is 18.4. The molecule has 0 unspecified atom stereocenters. The first-order chi connectivity index (χ1) is 14.7. The van der Waals surface area contributed by atoms with Gasteiger partial charge in [0.25, 0.3) is 0 Å². The van der Waals surface area contributed by atoms with Gasteiger partial charge in [-0.3, -0.25) is 4.99 Å². The molecule has 0 spiro atoms. The van der Waals surface area contributed by atoms with E-state index in [0.717, 1.165) is 70.4 Å². The first-order valence-electron chi connectivity index (χ1n) is 10.8. The lowest BCUT2D eigenvalue weighted by Gasteiger charge is -2.41. The monoisotopic (exact) mass is 408 g/mol. The van der Waals surface area contributed by atoms with Gasteiger partial charge in [0, 0.05) is 58.4 Å². The Labute approximate surface area is 179 Å². The van der Waals surface area contributed by atoms with Gasteiger partial charge >= 0.3 is 0 Å². The van der Waals surface area contributed by atoms with E-state index in [1.807, 2.05) is 25.2 Å². The minimum atomic E-state index is 0.0765. The molecule has 2 aliphatic heterocycles. The number of piperazine rings is 1. The second kappa shape index (κ2) is 9.39.